The molecular formula is C16H19N3O3. The van der Waals surface area contributed by atoms with Crippen LogP contribution in [-0.4, -0.2) is 29.2 Å². The van der Waals surface area contributed by atoms with Gasteiger partial charge in [0, 0.05) is 25.8 Å². The largest absolute Gasteiger partial charge is 0.375 e. The van der Waals surface area contributed by atoms with Crippen LogP contribution < -0.4 is 10.9 Å². The van der Waals surface area contributed by atoms with Crippen molar-refractivity contribution in [1.82, 2.24) is 9.55 Å². The molecule has 0 fully saturated rings. The smallest absolute Gasteiger partial charge is 0.261 e. The highest BCUT2D eigenvalue weighted by molar-refractivity contribution is 5.94. The Kier molecular flexibility index (Phi) is 4.20. The molecule has 0 spiro atoms. The third kappa shape index (κ3) is 2.87. The summed E-state index contributed by atoms with van der Waals surface area (Å²) >= 11 is 0. The Morgan fingerprint density at radius 1 is 1.36 bits per heavy atom. The highest BCUT2D eigenvalue weighted by Crippen LogP contribution is 2.18. The Labute approximate surface area is 128 Å². The van der Waals surface area contributed by atoms with Gasteiger partial charge in [-0.05, 0) is 31.0 Å². The van der Waals surface area contributed by atoms with Gasteiger partial charge >= 0.3 is 0 Å². The van der Waals surface area contributed by atoms with Gasteiger partial charge in [-0.15, -0.1) is 0 Å². The second-order valence-electron chi connectivity index (χ2n) is 5.51. The van der Waals surface area contributed by atoms with Gasteiger partial charge in [-0.2, -0.15) is 0 Å². The van der Waals surface area contributed by atoms with E-state index in [4.69, 9.17) is 4.74 Å². The van der Waals surface area contributed by atoms with E-state index in [-0.39, 0.29) is 18.1 Å². The molecule has 0 bridgehead atoms. The lowest BCUT2D eigenvalue weighted by molar-refractivity contribution is -0.119. The van der Waals surface area contributed by atoms with E-state index < -0.39 is 0 Å². The van der Waals surface area contributed by atoms with Gasteiger partial charge in [0.2, 0.25) is 5.91 Å². The number of aromatic nitrogens is 2. The lowest BCUT2D eigenvalue weighted by atomic mass is 10.2. The zero-order chi connectivity index (χ0) is 15.5. The highest BCUT2D eigenvalue weighted by Gasteiger charge is 2.14. The maximum atomic E-state index is 12.7. The molecule has 2 heterocycles. The SMILES string of the molecule is COCC(=O)Nc1ccc2nc3n(c(=O)c2c1)CCCCC3. The number of hydrogen-bond acceptors (Lipinski definition) is 4. The van der Waals surface area contributed by atoms with Crippen molar-refractivity contribution in [2.45, 2.75) is 32.2 Å². The van der Waals surface area contributed by atoms with Gasteiger partial charge in [0.25, 0.3) is 5.56 Å². The number of carbonyl (C=O) groups is 1. The highest BCUT2D eigenvalue weighted by atomic mass is 16.5. The summed E-state index contributed by atoms with van der Waals surface area (Å²) in [5.74, 6) is 0.621. The first-order valence-corrected chi connectivity index (χ1v) is 7.51. The molecule has 1 aromatic carbocycles. The van der Waals surface area contributed by atoms with Crippen LogP contribution in [0.3, 0.4) is 0 Å². The second-order valence-corrected chi connectivity index (χ2v) is 5.51. The molecule has 0 aliphatic carbocycles. The Morgan fingerprint density at radius 2 is 2.23 bits per heavy atom. The van der Waals surface area contributed by atoms with Crippen molar-refractivity contribution in [2.24, 2.45) is 0 Å². The number of hydrogen-bond donors (Lipinski definition) is 1. The molecule has 6 nitrogen and oxygen atoms in total. The summed E-state index contributed by atoms with van der Waals surface area (Å²) in [6.45, 7) is 0.705. The van der Waals surface area contributed by atoms with Crippen LogP contribution in [0.15, 0.2) is 23.0 Å². The fourth-order valence-electron chi connectivity index (χ4n) is 2.82. The number of benzene rings is 1. The van der Waals surface area contributed by atoms with Crippen LogP contribution >= 0.6 is 0 Å². The van der Waals surface area contributed by atoms with Crippen molar-refractivity contribution in [1.29, 1.82) is 0 Å². The summed E-state index contributed by atoms with van der Waals surface area (Å²) in [5.41, 5.74) is 1.25. The zero-order valence-corrected chi connectivity index (χ0v) is 12.6. The predicted octanol–water partition coefficient (Wildman–Crippen LogP) is 1.71. The first-order chi connectivity index (χ1) is 10.7. The van der Waals surface area contributed by atoms with Crippen molar-refractivity contribution < 1.29 is 9.53 Å². The monoisotopic (exact) mass is 301 g/mol. The maximum absolute atomic E-state index is 12.7. The number of rotatable bonds is 3. The van der Waals surface area contributed by atoms with E-state index in [1.807, 2.05) is 0 Å². The normalized spacial score (nSPS) is 14.4. The van der Waals surface area contributed by atoms with Crippen LogP contribution in [0.4, 0.5) is 5.69 Å². The lowest BCUT2D eigenvalue weighted by Gasteiger charge is -2.11. The van der Waals surface area contributed by atoms with Gasteiger partial charge < -0.3 is 10.1 Å². The quantitative estimate of drug-likeness (QED) is 0.936. The molecular weight excluding hydrogens is 282 g/mol. The van der Waals surface area contributed by atoms with Gasteiger partial charge in [-0.1, -0.05) is 6.42 Å². The topological polar surface area (TPSA) is 73.2 Å². The number of amides is 1. The second kappa shape index (κ2) is 6.27. The van der Waals surface area contributed by atoms with Crippen LogP contribution in [0.25, 0.3) is 10.9 Å². The first kappa shape index (κ1) is 14.7. The Balaban J connectivity index is 2.03. The van der Waals surface area contributed by atoms with Crippen LogP contribution in [0.1, 0.15) is 25.1 Å². The summed E-state index contributed by atoms with van der Waals surface area (Å²) in [6.07, 6.45) is 4.04. The molecule has 0 unspecified atom stereocenters. The minimum absolute atomic E-state index is 0.0144. The number of methoxy groups -OCH3 is 1. The molecule has 0 atom stereocenters. The molecule has 1 amide bonds. The van der Waals surface area contributed by atoms with E-state index in [1.165, 1.54) is 7.11 Å². The third-order valence-electron chi connectivity index (χ3n) is 3.87. The summed E-state index contributed by atoms with van der Waals surface area (Å²) in [6, 6.07) is 5.23. The van der Waals surface area contributed by atoms with Crippen LogP contribution in [0, 0.1) is 0 Å². The summed E-state index contributed by atoms with van der Waals surface area (Å²) < 4.78 is 6.56. The molecule has 1 N–H and O–H groups in total. The number of nitrogens with zero attached hydrogens (tertiary/aromatic N) is 2. The summed E-state index contributed by atoms with van der Waals surface area (Å²) in [7, 11) is 1.46. The number of anilines is 1. The fourth-order valence-corrected chi connectivity index (χ4v) is 2.82. The average Bonchev–Trinajstić information content (AvgIpc) is 2.74. The first-order valence-electron chi connectivity index (χ1n) is 7.51. The minimum Gasteiger partial charge on any atom is -0.375 e. The van der Waals surface area contributed by atoms with Crippen molar-refractivity contribution in [3.63, 3.8) is 0 Å². The van der Waals surface area contributed by atoms with E-state index in [9.17, 15) is 9.59 Å². The van der Waals surface area contributed by atoms with Crippen LogP contribution in [-0.2, 0) is 22.5 Å². The number of ether oxygens (including phenoxy) is 1. The fraction of sp³-hybridized carbons (Fsp3) is 0.438. The number of nitrogens with one attached hydrogen (secondary N) is 1. The van der Waals surface area contributed by atoms with E-state index in [2.05, 4.69) is 10.3 Å². The molecule has 0 saturated heterocycles. The molecule has 6 heteroatoms. The van der Waals surface area contributed by atoms with Crippen molar-refractivity contribution in [3.8, 4) is 0 Å². The molecule has 116 valence electrons. The van der Waals surface area contributed by atoms with E-state index in [0.29, 0.717) is 16.6 Å². The van der Waals surface area contributed by atoms with Crippen molar-refractivity contribution >= 4 is 22.5 Å². The molecule has 22 heavy (non-hydrogen) atoms. The summed E-state index contributed by atoms with van der Waals surface area (Å²) in [4.78, 5) is 28.9. The Morgan fingerprint density at radius 3 is 3.05 bits per heavy atom. The van der Waals surface area contributed by atoms with E-state index in [0.717, 1.165) is 38.1 Å². The van der Waals surface area contributed by atoms with Crippen LogP contribution in [0.5, 0.6) is 0 Å². The number of carbonyl (C=O) groups excluding carboxylic acids is 1. The van der Waals surface area contributed by atoms with Gasteiger partial charge in [0.1, 0.15) is 12.4 Å². The van der Waals surface area contributed by atoms with Crippen molar-refractivity contribution in [2.75, 3.05) is 19.0 Å². The standard InChI is InChI=1S/C16H19N3O3/c1-22-10-15(20)17-11-6-7-13-12(9-11)16(21)19-8-4-2-3-5-14(19)18-13/h6-7,9H,2-5,8,10H2,1H3,(H,17,20). The van der Waals surface area contributed by atoms with E-state index >= 15 is 0 Å². The number of aryl methyl sites for hydroxylation is 1. The summed E-state index contributed by atoms with van der Waals surface area (Å²) in [5, 5.41) is 3.26. The van der Waals surface area contributed by atoms with Gasteiger partial charge in [-0.3, -0.25) is 14.2 Å². The molecule has 0 saturated carbocycles. The van der Waals surface area contributed by atoms with Crippen LogP contribution in [0.2, 0.25) is 0 Å². The maximum Gasteiger partial charge on any atom is 0.261 e. The zero-order valence-electron chi connectivity index (χ0n) is 12.6. The van der Waals surface area contributed by atoms with Gasteiger partial charge in [0.15, 0.2) is 0 Å². The molecule has 1 aromatic heterocycles. The molecule has 0 radical (unpaired) electrons. The molecule has 1 aliphatic heterocycles. The lowest BCUT2D eigenvalue weighted by Crippen LogP contribution is -2.24. The minimum atomic E-state index is -0.246. The van der Waals surface area contributed by atoms with Gasteiger partial charge in [-0.25, -0.2) is 4.98 Å². The molecule has 2 aromatic rings. The predicted molar refractivity (Wildman–Crippen MR) is 84.1 cm³/mol. The van der Waals surface area contributed by atoms with E-state index in [1.54, 1.807) is 22.8 Å². The number of fused-ring (bicyclic) bond motifs is 2. The van der Waals surface area contributed by atoms with Gasteiger partial charge in [0.05, 0.1) is 10.9 Å². The average molecular weight is 301 g/mol. The molecule has 3 rings (SSSR count). The Hall–Kier alpha value is -2.21. The Bertz CT molecular complexity index is 767. The third-order valence-corrected chi connectivity index (χ3v) is 3.87. The molecule has 1 aliphatic rings. The van der Waals surface area contributed by atoms with Crippen molar-refractivity contribution in [3.05, 3.63) is 34.4 Å².